The standard InChI is InChI=1S/C16H24N4O.3ClH/c1-16(5-7-17-13-16)15(21)20-10-8-19(9-11-20)12-14-4-2-3-6-18-14;;;/h2-4,6,17H,5,7-13H2,1H3;3*1H. The summed E-state index contributed by atoms with van der Waals surface area (Å²) in [6, 6.07) is 6.02. The number of amides is 1. The molecule has 2 saturated heterocycles. The largest absolute Gasteiger partial charge is 0.340 e. The van der Waals surface area contributed by atoms with E-state index in [1.165, 1.54) is 0 Å². The zero-order valence-corrected chi connectivity index (χ0v) is 16.4. The van der Waals surface area contributed by atoms with Gasteiger partial charge in [-0.3, -0.25) is 14.7 Å². The van der Waals surface area contributed by atoms with Crippen molar-refractivity contribution in [2.75, 3.05) is 39.3 Å². The van der Waals surface area contributed by atoms with Crippen molar-refractivity contribution in [3.63, 3.8) is 0 Å². The second-order valence-corrected chi connectivity index (χ2v) is 6.38. The molecule has 0 aromatic carbocycles. The molecule has 2 fully saturated rings. The molecule has 3 rings (SSSR count). The molecule has 0 saturated carbocycles. The third kappa shape index (κ3) is 5.46. The van der Waals surface area contributed by atoms with Gasteiger partial charge in [0.2, 0.25) is 5.91 Å². The first-order valence-electron chi connectivity index (χ1n) is 7.80. The van der Waals surface area contributed by atoms with Crippen LogP contribution in [0.4, 0.5) is 0 Å². The second-order valence-electron chi connectivity index (χ2n) is 6.38. The summed E-state index contributed by atoms with van der Waals surface area (Å²) in [5.74, 6) is 0.324. The van der Waals surface area contributed by atoms with Gasteiger partial charge in [0.05, 0.1) is 11.1 Å². The van der Waals surface area contributed by atoms with Crippen LogP contribution >= 0.6 is 37.2 Å². The summed E-state index contributed by atoms with van der Waals surface area (Å²) >= 11 is 0. The molecule has 1 atom stereocenters. The molecule has 0 bridgehead atoms. The van der Waals surface area contributed by atoms with Crippen molar-refractivity contribution in [3.8, 4) is 0 Å². The van der Waals surface area contributed by atoms with Gasteiger partial charge in [0.25, 0.3) is 0 Å². The van der Waals surface area contributed by atoms with Gasteiger partial charge in [-0.1, -0.05) is 6.07 Å². The average Bonchev–Trinajstić information content (AvgIpc) is 2.96. The van der Waals surface area contributed by atoms with Gasteiger partial charge < -0.3 is 10.2 Å². The molecule has 1 aromatic rings. The van der Waals surface area contributed by atoms with Gasteiger partial charge >= 0.3 is 0 Å². The number of halogens is 3. The minimum Gasteiger partial charge on any atom is -0.340 e. The Kier molecular flexibility index (Phi) is 10.2. The summed E-state index contributed by atoms with van der Waals surface area (Å²) in [5.41, 5.74) is 0.910. The Labute approximate surface area is 162 Å². The zero-order valence-electron chi connectivity index (χ0n) is 13.9. The molecular weight excluding hydrogens is 371 g/mol. The lowest BCUT2D eigenvalue weighted by Crippen LogP contribution is -2.52. The van der Waals surface area contributed by atoms with Gasteiger partial charge in [0.15, 0.2) is 0 Å². The monoisotopic (exact) mass is 396 g/mol. The minimum absolute atomic E-state index is 0. The molecule has 8 heteroatoms. The maximum absolute atomic E-state index is 12.6. The van der Waals surface area contributed by atoms with E-state index in [0.717, 1.165) is 57.9 Å². The Morgan fingerprint density at radius 2 is 1.92 bits per heavy atom. The predicted octanol–water partition coefficient (Wildman–Crippen LogP) is 1.99. The number of carbonyl (C=O) groups is 1. The van der Waals surface area contributed by atoms with Crippen molar-refractivity contribution in [1.82, 2.24) is 20.1 Å². The van der Waals surface area contributed by atoms with Crippen LogP contribution in [-0.2, 0) is 11.3 Å². The van der Waals surface area contributed by atoms with Crippen molar-refractivity contribution in [1.29, 1.82) is 0 Å². The van der Waals surface area contributed by atoms with Gasteiger partial charge in [-0.15, -0.1) is 37.2 Å². The average molecular weight is 398 g/mol. The first kappa shape index (κ1) is 23.4. The minimum atomic E-state index is -0.191. The Morgan fingerprint density at radius 3 is 2.46 bits per heavy atom. The lowest BCUT2D eigenvalue weighted by molar-refractivity contribution is -0.142. The highest BCUT2D eigenvalue weighted by Crippen LogP contribution is 2.27. The SMILES string of the molecule is CC1(C(=O)N2CCN(Cc3ccccn3)CC2)CCNC1.Cl.Cl.Cl. The van der Waals surface area contributed by atoms with E-state index in [1.807, 2.05) is 23.2 Å². The summed E-state index contributed by atoms with van der Waals surface area (Å²) in [6.07, 6.45) is 2.79. The maximum Gasteiger partial charge on any atom is 0.229 e. The van der Waals surface area contributed by atoms with Crippen LogP contribution in [0.3, 0.4) is 0 Å². The number of nitrogens with zero attached hydrogens (tertiary/aromatic N) is 3. The fourth-order valence-electron chi connectivity index (χ4n) is 3.21. The van der Waals surface area contributed by atoms with Gasteiger partial charge in [-0.05, 0) is 32.0 Å². The molecule has 2 aliphatic heterocycles. The fourth-order valence-corrected chi connectivity index (χ4v) is 3.21. The van der Waals surface area contributed by atoms with E-state index in [0.29, 0.717) is 5.91 Å². The Morgan fingerprint density at radius 1 is 1.21 bits per heavy atom. The molecule has 0 radical (unpaired) electrons. The summed E-state index contributed by atoms with van der Waals surface area (Å²) in [4.78, 5) is 21.4. The quantitative estimate of drug-likeness (QED) is 0.847. The van der Waals surface area contributed by atoms with Crippen molar-refractivity contribution in [2.24, 2.45) is 5.41 Å². The highest BCUT2D eigenvalue weighted by molar-refractivity contribution is 5.86. The summed E-state index contributed by atoms with van der Waals surface area (Å²) < 4.78 is 0. The molecular formula is C16H27Cl3N4O. The highest BCUT2D eigenvalue weighted by atomic mass is 35.5. The van der Waals surface area contributed by atoms with Crippen molar-refractivity contribution >= 4 is 43.1 Å². The molecule has 1 N–H and O–H groups in total. The number of hydrogen-bond acceptors (Lipinski definition) is 4. The maximum atomic E-state index is 12.6. The van der Waals surface area contributed by atoms with Gasteiger partial charge in [-0.25, -0.2) is 0 Å². The molecule has 2 aliphatic rings. The smallest absolute Gasteiger partial charge is 0.229 e. The number of pyridine rings is 1. The fraction of sp³-hybridized carbons (Fsp3) is 0.625. The molecule has 1 aromatic heterocycles. The van der Waals surface area contributed by atoms with Gasteiger partial charge in [-0.2, -0.15) is 0 Å². The van der Waals surface area contributed by atoms with Crippen LogP contribution in [0.25, 0.3) is 0 Å². The molecule has 5 nitrogen and oxygen atoms in total. The van der Waals surface area contributed by atoms with Crippen molar-refractivity contribution < 1.29 is 4.79 Å². The van der Waals surface area contributed by atoms with Crippen LogP contribution in [0.1, 0.15) is 19.0 Å². The Balaban J connectivity index is 0.00000176. The van der Waals surface area contributed by atoms with Crippen molar-refractivity contribution in [3.05, 3.63) is 30.1 Å². The number of nitrogens with one attached hydrogen (secondary N) is 1. The summed E-state index contributed by atoms with van der Waals surface area (Å²) in [7, 11) is 0. The zero-order chi connectivity index (χ0) is 14.7. The first-order valence-corrected chi connectivity index (χ1v) is 7.80. The van der Waals surface area contributed by atoms with E-state index in [2.05, 4.69) is 28.2 Å². The van der Waals surface area contributed by atoms with E-state index >= 15 is 0 Å². The number of hydrogen-bond donors (Lipinski definition) is 1. The third-order valence-electron chi connectivity index (χ3n) is 4.66. The number of aromatic nitrogens is 1. The van der Waals surface area contributed by atoms with Crippen LogP contribution in [-0.4, -0.2) is 60.0 Å². The Hall–Kier alpha value is -0.590. The predicted molar refractivity (Wildman–Crippen MR) is 103 cm³/mol. The first-order chi connectivity index (χ1) is 10.2. The van der Waals surface area contributed by atoms with Crippen LogP contribution in [0.5, 0.6) is 0 Å². The molecule has 24 heavy (non-hydrogen) atoms. The van der Waals surface area contributed by atoms with Gasteiger partial charge in [0, 0.05) is 45.5 Å². The molecule has 138 valence electrons. The summed E-state index contributed by atoms with van der Waals surface area (Å²) in [6.45, 7) is 8.29. The molecule has 1 amide bonds. The van der Waals surface area contributed by atoms with E-state index in [4.69, 9.17) is 0 Å². The van der Waals surface area contributed by atoms with E-state index in [-0.39, 0.29) is 42.6 Å². The normalized spacial score (nSPS) is 23.6. The molecule has 0 spiro atoms. The number of piperazine rings is 1. The van der Waals surface area contributed by atoms with Crippen molar-refractivity contribution in [2.45, 2.75) is 19.9 Å². The molecule has 1 unspecified atom stereocenters. The number of carbonyl (C=O) groups excluding carboxylic acids is 1. The third-order valence-corrected chi connectivity index (χ3v) is 4.66. The van der Waals surface area contributed by atoms with Gasteiger partial charge in [0.1, 0.15) is 0 Å². The van der Waals surface area contributed by atoms with E-state index in [1.54, 1.807) is 0 Å². The van der Waals surface area contributed by atoms with E-state index in [9.17, 15) is 4.79 Å². The lowest BCUT2D eigenvalue weighted by Gasteiger charge is -2.38. The second kappa shape index (κ2) is 10.4. The summed E-state index contributed by atoms with van der Waals surface area (Å²) in [5, 5.41) is 3.31. The van der Waals surface area contributed by atoms with Crippen LogP contribution in [0.15, 0.2) is 24.4 Å². The van der Waals surface area contributed by atoms with Crippen LogP contribution < -0.4 is 5.32 Å². The highest BCUT2D eigenvalue weighted by Gasteiger charge is 2.39. The molecule has 0 aliphatic carbocycles. The topological polar surface area (TPSA) is 48.5 Å². The van der Waals surface area contributed by atoms with Crippen LogP contribution in [0, 0.1) is 5.41 Å². The molecule has 3 heterocycles. The number of rotatable bonds is 3. The van der Waals surface area contributed by atoms with E-state index < -0.39 is 0 Å². The van der Waals surface area contributed by atoms with Crippen LogP contribution in [0.2, 0.25) is 0 Å². The lowest BCUT2D eigenvalue weighted by atomic mass is 9.88. The Bertz CT molecular complexity index is 489.